The Bertz CT molecular complexity index is 289. The van der Waals surface area contributed by atoms with Gasteiger partial charge >= 0.3 is 0 Å². The van der Waals surface area contributed by atoms with Crippen LogP contribution >= 0.6 is 0 Å². The second-order valence-corrected chi connectivity index (χ2v) is 4.15. The summed E-state index contributed by atoms with van der Waals surface area (Å²) < 4.78 is 9.79. The molecule has 3 heteroatoms. The van der Waals surface area contributed by atoms with E-state index in [0.29, 0.717) is 6.04 Å². The summed E-state index contributed by atoms with van der Waals surface area (Å²) in [4.78, 5) is 5.09. The van der Waals surface area contributed by atoms with Crippen molar-refractivity contribution in [3.8, 4) is 0 Å². The molecule has 0 N–H and O–H groups in total. The standard InChI is InChI=1S/C12H19N.CH3FO/c1-10(2)13(4)9-12-7-5-6-11(3)8-12;1-3-2/h5-8,10H,9H2,1-4H3;1H3. The second-order valence-electron chi connectivity index (χ2n) is 4.15. The van der Waals surface area contributed by atoms with E-state index in [9.17, 15) is 4.53 Å². The van der Waals surface area contributed by atoms with Crippen LogP contribution in [0.25, 0.3) is 0 Å². The van der Waals surface area contributed by atoms with E-state index in [1.165, 1.54) is 11.1 Å². The molecule has 0 bridgehead atoms. The van der Waals surface area contributed by atoms with Gasteiger partial charge in [-0.3, -0.25) is 4.90 Å². The van der Waals surface area contributed by atoms with Gasteiger partial charge in [0.25, 0.3) is 0 Å². The Kier molecular flexibility index (Phi) is 7.77. The fourth-order valence-electron chi connectivity index (χ4n) is 1.28. The molecule has 0 amide bonds. The maximum atomic E-state index is 9.79. The third-order valence-corrected chi connectivity index (χ3v) is 2.40. The van der Waals surface area contributed by atoms with Gasteiger partial charge in [-0.25, -0.2) is 0 Å². The first-order valence-corrected chi connectivity index (χ1v) is 5.41. The zero-order valence-electron chi connectivity index (χ0n) is 10.8. The van der Waals surface area contributed by atoms with Crippen molar-refractivity contribution in [3.05, 3.63) is 35.4 Å². The van der Waals surface area contributed by atoms with Crippen LogP contribution in [0.15, 0.2) is 24.3 Å². The number of benzene rings is 1. The normalized spacial score (nSPS) is 10.2. The molecule has 0 unspecified atom stereocenters. The molecule has 92 valence electrons. The van der Waals surface area contributed by atoms with Crippen molar-refractivity contribution in [2.45, 2.75) is 33.4 Å². The van der Waals surface area contributed by atoms with Crippen LogP contribution < -0.4 is 0 Å². The summed E-state index contributed by atoms with van der Waals surface area (Å²) in [5.41, 5.74) is 2.74. The van der Waals surface area contributed by atoms with Crippen LogP contribution in [0.1, 0.15) is 25.0 Å². The Morgan fingerprint density at radius 2 is 1.94 bits per heavy atom. The minimum Gasteiger partial charge on any atom is -0.300 e. The molecule has 0 atom stereocenters. The third kappa shape index (κ3) is 6.53. The summed E-state index contributed by atoms with van der Waals surface area (Å²) in [5, 5.41) is 0. The van der Waals surface area contributed by atoms with E-state index in [1.54, 1.807) is 0 Å². The smallest absolute Gasteiger partial charge is 0.0766 e. The van der Waals surface area contributed by atoms with E-state index in [0.717, 1.165) is 13.7 Å². The Morgan fingerprint density at radius 1 is 1.38 bits per heavy atom. The van der Waals surface area contributed by atoms with E-state index in [-0.39, 0.29) is 0 Å². The maximum Gasteiger partial charge on any atom is 0.0766 e. The predicted octanol–water partition coefficient (Wildman–Crippen LogP) is 3.35. The van der Waals surface area contributed by atoms with Crippen molar-refractivity contribution in [1.29, 1.82) is 0 Å². The highest BCUT2D eigenvalue weighted by Crippen LogP contribution is 2.08. The van der Waals surface area contributed by atoms with Gasteiger partial charge in [0.05, 0.1) is 7.11 Å². The summed E-state index contributed by atoms with van der Waals surface area (Å²) in [6, 6.07) is 9.31. The number of halogens is 1. The van der Waals surface area contributed by atoms with Crippen LogP contribution in [-0.4, -0.2) is 25.1 Å². The first-order valence-electron chi connectivity index (χ1n) is 5.41. The molecule has 2 nitrogen and oxygen atoms in total. The van der Waals surface area contributed by atoms with Gasteiger partial charge in [0.1, 0.15) is 0 Å². The molecule has 0 radical (unpaired) electrons. The van der Waals surface area contributed by atoms with Gasteiger partial charge in [0.15, 0.2) is 0 Å². The fourth-order valence-corrected chi connectivity index (χ4v) is 1.28. The number of hydrogen-bond acceptors (Lipinski definition) is 2. The SMILES string of the molecule is COF.Cc1cccc(CN(C)C(C)C)c1. The highest BCUT2D eigenvalue weighted by molar-refractivity contribution is 5.22. The van der Waals surface area contributed by atoms with Gasteiger partial charge < -0.3 is 0 Å². The number of rotatable bonds is 3. The van der Waals surface area contributed by atoms with Crippen molar-refractivity contribution in [3.63, 3.8) is 0 Å². The molecule has 1 aromatic rings. The van der Waals surface area contributed by atoms with Crippen LogP contribution in [0.3, 0.4) is 0 Å². The van der Waals surface area contributed by atoms with Crippen LogP contribution in [0.2, 0.25) is 0 Å². The molecule has 0 aliphatic heterocycles. The predicted molar refractivity (Wildman–Crippen MR) is 65.9 cm³/mol. The van der Waals surface area contributed by atoms with Crippen LogP contribution in [0, 0.1) is 6.92 Å². The average Bonchev–Trinajstić information content (AvgIpc) is 2.18. The first kappa shape index (κ1) is 15.1. The lowest BCUT2D eigenvalue weighted by Gasteiger charge is -2.21. The summed E-state index contributed by atoms with van der Waals surface area (Å²) >= 11 is 0. The van der Waals surface area contributed by atoms with E-state index in [4.69, 9.17) is 0 Å². The molecule has 16 heavy (non-hydrogen) atoms. The zero-order chi connectivity index (χ0) is 12.6. The van der Waals surface area contributed by atoms with Crippen LogP contribution in [0.5, 0.6) is 0 Å². The van der Waals surface area contributed by atoms with E-state index in [2.05, 4.69) is 61.9 Å². The molecule has 0 fully saturated rings. The Balaban J connectivity index is 0.000000673. The molecule has 0 saturated heterocycles. The number of aryl methyl sites for hydroxylation is 1. The molecular formula is C13H22FNO. The second kappa shape index (κ2) is 8.25. The lowest BCUT2D eigenvalue weighted by Crippen LogP contribution is -2.25. The minimum absolute atomic E-state index is 0.612. The Labute approximate surface area is 97.9 Å². The lowest BCUT2D eigenvalue weighted by atomic mass is 10.1. The molecule has 0 aliphatic carbocycles. The van der Waals surface area contributed by atoms with Crippen LogP contribution in [0.4, 0.5) is 4.53 Å². The molecule has 0 spiro atoms. The highest BCUT2D eigenvalue weighted by Gasteiger charge is 2.03. The van der Waals surface area contributed by atoms with Crippen molar-refractivity contribution in [1.82, 2.24) is 4.90 Å². The van der Waals surface area contributed by atoms with Crippen molar-refractivity contribution in [2.75, 3.05) is 14.2 Å². The lowest BCUT2D eigenvalue weighted by molar-refractivity contribution is -0.0960. The molecule has 0 heterocycles. The topological polar surface area (TPSA) is 12.5 Å². The molecular weight excluding hydrogens is 205 g/mol. The fraction of sp³-hybridized carbons (Fsp3) is 0.538. The van der Waals surface area contributed by atoms with Gasteiger partial charge in [-0.1, -0.05) is 29.8 Å². The Morgan fingerprint density at radius 3 is 2.38 bits per heavy atom. The number of hydrogen-bond donors (Lipinski definition) is 0. The highest BCUT2D eigenvalue weighted by atomic mass is 19.3. The molecule has 1 rings (SSSR count). The van der Waals surface area contributed by atoms with Gasteiger partial charge in [-0.05, 0) is 37.9 Å². The van der Waals surface area contributed by atoms with Gasteiger partial charge in [-0.15, -0.1) is 0 Å². The van der Waals surface area contributed by atoms with Gasteiger partial charge in [-0.2, -0.15) is 4.94 Å². The monoisotopic (exact) mass is 227 g/mol. The summed E-state index contributed by atoms with van der Waals surface area (Å²) in [7, 11) is 3.12. The van der Waals surface area contributed by atoms with Crippen LogP contribution in [-0.2, 0) is 11.5 Å². The van der Waals surface area contributed by atoms with E-state index < -0.39 is 0 Å². The largest absolute Gasteiger partial charge is 0.300 e. The van der Waals surface area contributed by atoms with Crippen molar-refractivity contribution in [2.24, 2.45) is 0 Å². The molecule has 0 aliphatic rings. The summed E-state index contributed by atoms with van der Waals surface area (Å²) in [5.74, 6) is 0. The average molecular weight is 227 g/mol. The molecule has 1 aromatic carbocycles. The Hall–Kier alpha value is -0.930. The van der Waals surface area contributed by atoms with E-state index >= 15 is 0 Å². The number of nitrogens with zero attached hydrogens (tertiary/aromatic N) is 1. The van der Waals surface area contributed by atoms with Gasteiger partial charge in [0, 0.05) is 12.6 Å². The molecule has 0 saturated carbocycles. The van der Waals surface area contributed by atoms with Crippen molar-refractivity contribution >= 4 is 0 Å². The third-order valence-electron chi connectivity index (χ3n) is 2.40. The van der Waals surface area contributed by atoms with E-state index in [1.807, 2.05) is 0 Å². The molecule has 0 aromatic heterocycles. The summed E-state index contributed by atoms with van der Waals surface area (Å²) in [6.07, 6.45) is 0. The van der Waals surface area contributed by atoms with Crippen molar-refractivity contribution < 1.29 is 9.47 Å². The first-order chi connectivity index (χ1) is 7.51. The minimum atomic E-state index is 0.612. The van der Waals surface area contributed by atoms with Gasteiger partial charge in [0.2, 0.25) is 0 Å². The zero-order valence-corrected chi connectivity index (χ0v) is 10.8. The summed E-state index contributed by atoms with van der Waals surface area (Å²) in [6.45, 7) is 7.61. The maximum absolute atomic E-state index is 9.79. The quantitative estimate of drug-likeness (QED) is 0.785.